The van der Waals surface area contributed by atoms with Gasteiger partial charge in [0.05, 0.1) is 4.92 Å². The number of nitro benzene ring substituents is 1. The minimum atomic E-state index is -0.342. The molecular formula is C12H17N3O2. The number of anilines is 1. The van der Waals surface area contributed by atoms with Crippen LogP contribution in [0.3, 0.4) is 0 Å². The van der Waals surface area contributed by atoms with E-state index in [1.54, 1.807) is 13.0 Å². The maximum absolute atomic E-state index is 10.7. The lowest BCUT2D eigenvalue weighted by Gasteiger charge is -2.32. The largest absolute Gasteiger partial charge is 0.371 e. The Kier molecular flexibility index (Phi) is 3.28. The molecule has 1 saturated heterocycles. The number of nitrogens with zero attached hydrogens (tertiary/aromatic N) is 2. The standard InChI is InChI=1S/C12H17N3O2/c1-9-8-11(2-3-12(9)15(16)17)14-6-4-10(13)5-7-14/h2-3,8,10H,4-7,13H2,1H3. The van der Waals surface area contributed by atoms with Crippen LogP contribution in [0.5, 0.6) is 0 Å². The van der Waals surface area contributed by atoms with Crippen molar-refractivity contribution < 1.29 is 4.92 Å². The number of aryl methyl sites for hydroxylation is 1. The molecule has 2 rings (SSSR count). The summed E-state index contributed by atoms with van der Waals surface area (Å²) in [7, 11) is 0. The predicted octanol–water partition coefficient (Wildman–Crippen LogP) is 1.83. The molecule has 1 fully saturated rings. The van der Waals surface area contributed by atoms with Crippen LogP contribution >= 0.6 is 0 Å². The molecule has 92 valence electrons. The minimum absolute atomic E-state index is 0.183. The van der Waals surface area contributed by atoms with Crippen LogP contribution in [0.4, 0.5) is 11.4 Å². The highest BCUT2D eigenvalue weighted by Crippen LogP contribution is 2.26. The number of nitrogens with two attached hydrogens (primary N) is 1. The van der Waals surface area contributed by atoms with Gasteiger partial charge in [-0.25, -0.2) is 0 Å². The molecular weight excluding hydrogens is 218 g/mol. The van der Waals surface area contributed by atoms with Crippen LogP contribution in [0.1, 0.15) is 18.4 Å². The molecule has 2 N–H and O–H groups in total. The monoisotopic (exact) mass is 235 g/mol. The molecule has 0 radical (unpaired) electrons. The summed E-state index contributed by atoms with van der Waals surface area (Å²) in [5, 5.41) is 10.7. The van der Waals surface area contributed by atoms with Gasteiger partial charge >= 0.3 is 0 Å². The van der Waals surface area contributed by atoms with Crippen molar-refractivity contribution in [3.63, 3.8) is 0 Å². The van der Waals surface area contributed by atoms with E-state index in [1.807, 2.05) is 12.1 Å². The first kappa shape index (κ1) is 11.9. The van der Waals surface area contributed by atoms with Crippen molar-refractivity contribution in [2.75, 3.05) is 18.0 Å². The molecule has 0 atom stereocenters. The Bertz CT molecular complexity index is 426. The molecule has 1 aromatic rings. The average molecular weight is 235 g/mol. The SMILES string of the molecule is Cc1cc(N2CCC(N)CC2)ccc1[N+](=O)[O-]. The van der Waals surface area contributed by atoms with Gasteiger partial charge in [-0.3, -0.25) is 10.1 Å². The molecule has 1 heterocycles. The molecule has 0 amide bonds. The highest BCUT2D eigenvalue weighted by Gasteiger charge is 2.18. The van der Waals surface area contributed by atoms with Crippen molar-refractivity contribution in [3.05, 3.63) is 33.9 Å². The van der Waals surface area contributed by atoms with E-state index in [-0.39, 0.29) is 10.6 Å². The summed E-state index contributed by atoms with van der Waals surface area (Å²) in [4.78, 5) is 12.6. The van der Waals surface area contributed by atoms with E-state index in [2.05, 4.69) is 4.90 Å². The third kappa shape index (κ3) is 2.55. The minimum Gasteiger partial charge on any atom is -0.371 e. The molecule has 17 heavy (non-hydrogen) atoms. The molecule has 0 bridgehead atoms. The summed E-state index contributed by atoms with van der Waals surface area (Å²) in [6.07, 6.45) is 1.96. The topological polar surface area (TPSA) is 72.4 Å². The van der Waals surface area contributed by atoms with Crippen molar-refractivity contribution in [1.82, 2.24) is 0 Å². The Morgan fingerprint density at radius 1 is 1.41 bits per heavy atom. The fourth-order valence-electron chi connectivity index (χ4n) is 2.20. The number of benzene rings is 1. The fraction of sp³-hybridized carbons (Fsp3) is 0.500. The van der Waals surface area contributed by atoms with Crippen LogP contribution in [-0.4, -0.2) is 24.1 Å². The molecule has 1 aliphatic rings. The number of hydrogen-bond acceptors (Lipinski definition) is 4. The van der Waals surface area contributed by atoms with Gasteiger partial charge in [0.15, 0.2) is 0 Å². The lowest BCUT2D eigenvalue weighted by Crippen LogP contribution is -2.39. The first-order valence-corrected chi connectivity index (χ1v) is 5.83. The van der Waals surface area contributed by atoms with E-state index in [0.29, 0.717) is 11.6 Å². The van der Waals surface area contributed by atoms with Gasteiger partial charge in [-0.1, -0.05) is 0 Å². The molecule has 0 aromatic heterocycles. The maximum Gasteiger partial charge on any atom is 0.272 e. The zero-order valence-corrected chi connectivity index (χ0v) is 9.93. The summed E-state index contributed by atoms with van der Waals surface area (Å²) in [5.41, 5.74) is 7.80. The van der Waals surface area contributed by atoms with Crippen molar-refractivity contribution in [3.8, 4) is 0 Å². The Morgan fingerprint density at radius 3 is 2.59 bits per heavy atom. The third-order valence-electron chi connectivity index (χ3n) is 3.28. The molecule has 0 saturated carbocycles. The van der Waals surface area contributed by atoms with Crippen molar-refractivity contribution in [2.24, 2.45) is 5.73 Å². The summed E-state index contributed by atoms with van der Waals surface area (Å²) < 4.78 is 0. The number of nitro groups is 1. The number of piperidine rings is 1. The zero-order chi connectivity index (χ0) is 12.4. The van der Waals surface area contributed by atoms with Gasteiger partial charge in [0, 0.05) is 36.4 Å². The highest BCUT2D eigenvalue weighted by atomic mass is 16.6. The molecule has 1 aromatic carbocycles. The quantitative estimate of drug-likeness (QED) is 0.627. The fourth-order valence-corrected chi connectivity index (χ4v) is 2.20. The second-order valence-electron chi connectivity index (χ2n) is 4.55. The van der Waals surface area contributed by atoms with Crippen LogP contribution in [0.25, 0.3) is 0 Å². The van der Waals surface area contributed by atoms with E-state index in [1.165, 1.54) is 0 Å². The Balaban J connectivity index is 2.17. The second-order valence-corrected chi connectivity index (χ2v) is 4.55. The van der Waals surface area contributed by atoms with E-state index < -0.39 is 0 Å². The van der Waals surface area contributed by atoms with Crippen molar-refractivity contribution in [1.29, 1.82) is 0 Å². The third-order valence-corrected chi connectivity index (χ3v) is 3.28. The van der Waals surface area contributed by atoms with E-state index in [0.717, 1.165) is 31.6 Å². The predicted molar refractivity (Wildman–Crippen MR) is 67.3 cm³/mol. The first-order chi connectivity index (χ1) is 8.08. The molecule has 5 nitrogen and oxygen atoms in total. The zero-order valence-electron chi connectivity index (χ0n) is 9.93. The number of hydrogen-bond donors (Lipinski definition) is 1. The molecule has 0 aliphatic carbocycles. The molecule has 0 spiro atoms. The van der Waals surface area contributed by atoms with Crippen LogP contribution in [0.2, 0.25) is 0 Å². The van der Waals surface area contributed by atoms with Crippen molar-refractivity contribution in [2.45, 2.75) is 25.8 Å². The first-order valence-electron chi connectivity index (χ1n) is 5.83. The van der Waals surface area contributed by atoms with Gasteiger partial charge in [0.2, 0.25) is 0 Å². The van der Waals surface area contributed by atoms with Crippen LogP contribution in [0.15, 0.2) is 18.2 Å². The molecule has 0 unspecified atom stereocenters. The molecule has 5 heteroatoms. The highest BCUT2D eigenvalue weighted by molar-refractivity contribution is 5.55. The average Bonchev–Trinajstić information content (AvgIpc) is 2.29. The summed E-state index contributed by atoms with van der Waals surface area (Å²) in [5.74, 6) is 0. The van der Waals surface area contributed by atoms with Gasteiger partial charge in [0.25, 0.3) is 5.69 Å². The smallest absolute Gasteiger partial charge is 0.272 e. The number of rotatable bonds is 2. The lowest BCUT2D eigenvalue weighted by atomic mass is 10.0. The lowest BCUT2D eigenvalue weighted by molar-refractivity contribution is -0.385. The van der Waals surface area contributed by atoms with Crippen LogP contribution in [0, 0.1) is 17.0 Å². The van der Waals surface area contributed by atoms with E-state index in [4.69, 9.17) is 5.73 Å². The second kappa shape index (κ2) is 4.71. The Hall–Kier alpha value is -1.62. The van der Waals surface area contributed by atoms with Gasteiger partial charge in [-0.15, -0.1) is 0 Å². The van der Waals surface area contributed by atoms with Crippen molar-refractivity contribution >= 4 is 11.4 Å². The van der Waals surface area contributed by atoms with Crippen LogP contribution in [-0.2, 0) is 0 Å². The van der Waals surface area contributed by atoms with E-state index in [9.17, 15) is 10.1 Å². The summed E-state index contributed by atoms with van der Waals surface area (Å²) in [6, 6.07) is 5.58. The summed E-state index contributed by atoms with van der Waals surface area (Å²) >= 11 is 0. The van der Waals surface area contributed by atoms with Gasteiger partial charge in [-0.2, -0.15) is 0 Å². The van der Waals surface area contributed by atoms with Gasteiger partial charge in [0.1, 0.15) is 0 Å². The van der Waals surface area contributed by atoms with E-state index >= 15 is 0 Å². The maximum atomic E-state index is 10.7. The Labute approximate surface area is 100 Å². The summed E-state index contributed by atoms with van der Waals surface area (Å²) in [6.45, 7) is 3.63. The molecule has 1 aliphatic heterocycles. The Morgan fingerprint density at radius 2 is 2.06 bits per heavy atom. The van der Waals surface area contributed by atoms with Crippen LogP contribution < -0.4 is 10.6 Å². The normalized spacial score (nSPS) is 17.2. The van der Waals surface area contributed by atoms with Gasteiger partial charge < -0.3 is 10.6 Å². The van der Waals surface area contributed by atoms with Gasteiger partial charge in [-0.05, 0) is 31.9 Å².